The first-order chi connectivity index (χ1) is 22.7. The van der Waals surface area contributed by atoms with Gasteiger partial charge in [-0.15, -0.1) is 0 Å². The first-order valence-corrected chi connectivity index (χ1v) is 16.3. The van der Waals surface area contributed by atoms with Crippen LogP contribution in [-0.4, -0.2) is 78.1 Å². The van der Waals surface area contributed by atoms with Crippen molar-refractivity contribution in [3.05, 3.63) is 90.5 Å². The fraction of sp³-hybridized carbons (Fsp3) is 0.405. The third-order valence-corrected chi connectivity index (χ3v) is 7.33. The van der Waals surface area contributed by atoms with Crippen molar-refractivity contribution >= 4 is 17.3 Å². The van der Waals surface area contributed by atoms with Gasteiger partial charge in [0.25, 0.3) is 0 Å². The molecule has 0 aliphatic carbocycles. The second-order valence-corrected chi connectivity index (χ2v) is 11.3. The minimum absolute atomic E-state index is 0.214. The number of hydrogen-bond acceptors (Lipinski definition) is 8. The van der Waals surface area contributed by atoms with Gasteiger partial charge in [0.2, 0.25) is 5.91 Å². The van der Waals surface area contributed by atoms with Crippen LogP contribution in [0.25, 0.3) is 17.1 Å². The number of nitrogens with one attached hydrogen (secondary N) is 1. The molecule has 10 heteroatoms. The summed E-state index contributed by atoms with van der Waals surface area (Å²) in [5, 5.41) is 7.69. The van der Waals surface area contributed by atoms with Gasteiger partial charge >= 0.3 is 0 Å². The highest BCUT2D eigenvalue weighted by Gasteiger charge is 2.20. The Morgan fingerprint density at radius 3 is 2.43 bits per heavy atom. The standard InChI is InChI=1S/C18H21N5.C17H24N2O3.C2H6/c1-4-16-19-11-10-17(20-16)23-13-15(12-22(2)3)18(21-23)14-8-6-5-7-9-14;1-5-17(20)18-14-10-13(12(2)3)16(21-4)11-15(14)19-6-8-22-9-7-19;1-2/h5-11,13H,4,12H2,1-3H3;5,10-12H,1,6-9H2,2-4H3,(H,18,20);1-2H3. The molecular weight excluding hydrogens is 590 g/mol. The maximum atomic E-state index is 11.7. The molecule has 10 nitrogen and oxygen atoms in total. The van der Waals surface area contributed by atoms with Crippen LogP contribution in [0.4, 0.5) is 11.4 Å². The summed E-state index contributed by atoms with van der Waals surface area (Å²) >= 11 is 0. The van der Waals surface area contributed by atoms with Gasteiger partial charge in [-0.05, 0) is 37.7 Å². The van der Waals surface area contributed by atoms with E-state index in [4.69, 9.17) is 14.6 Å². The zero-order valence-corrected chi connectivity index (χ0v) is 29.3. The first kappa shape index (κ1) is 36.9. The Balaban J connectivity index is 0.000000243. The van der Waals surface area contributed by atoms with Gasteiger partial charge in [0.1, 0.15) is 11.6 Å². The zero-order valence-electron chi connectivity index (χ0n) is 29.3. The van der Waals surface area contributed by atoms with Gasteiger partial charge in [-0.2, -0.15) is 5.10 Å². The lowest BCUT2D eigenvalue weighted by Gasteiger charge is -2.31. The Bertz CT molecular complexity index is 1560. The van der Waals surface area contributed by atoms with E-state index in [0.717, 1.165) is 71.6 Å². The molecule has 3 heterocycles. The Morgan fingerprint density at radius 1 is 1.13 bits per heavy atom. The summed E-state index contributed by atoms with van der Waals surface area (Å²) in [6.07, 6.45) is 5.94. The summed E-state index contributed by atoms with van der Waals surface area (Å²) in [7, 11) is 5.80. The largest absolute Gasteiger partial charge is 0.496 e. The quantitative estimate of drug-likeness (QED) is 0.190. The molecule has 2 aromatic carbocycles. The predicted octanol–water partition coefficient (Wildman–Crippen LogP) is 6.76. The molecule has 0 unspecified atom stereocenters. The number of ether oxygens (including phenoxy) is 2. The Hall–Kier alpha value is -4.54. The van der Waals surface area contributed by atoms with E-state index < -0.39 is 0 Å². The fourth-order valence-electron chi connectivity index (χ4n) is 5.07. The van der Waals surface area contributed by atoms with E-state index in [-0.39, 0.29) is 5.91 Å². The van der Waals surface area contributed by atoms with Crippen molar-refractivity contribution < 1.29 is 14.3 Å². The summed E-state index contributed by atoms with van der Waals surface area (Å²) in [5.74, 6) is 2.56. The number of carbonyl (C=O) groups excluding carboxylic acids is 1. The summed E-state index contributed by atoms with van der Waals surface area (Å²) in [6, 6.07) is 16.1. The van der Waals surface area contributed by atoms with Gasteiger partial charge in [0.05, 0.1) is 37.4 Å². The number of rotatable bonds is 10. The van der Waals surface area contributed by atoms with Gasteiger partial charge in [0, 0.05) is 61.7 Å². The van der Waals surface area contributed by atoms with Crippen LogP contribution < -0.4 is 15.0 Å². The minimum Gasteiger partial charge on any atom is -0.496 e. The van der Waals surface area contributed by atoms with E-state index in [0.29, 0.717) is 19.1 Å². The number of nitrogens with zero attached hydrogens (tertiary/aromatic N) is 6. The average Bonchev–Trinajstić information content (AvgIpc) is 3.53. The molecule has 1 amide bonds. The van der Waals surface area contributed by atoms with Gasteiger partial charge in [-0.3, -0.25) is 4.79 Å². The Kier molecular flexibility index (Phi) is 14.6. The van der Waals surface area contributed by atoms with Gasteiger partial charge in [0.15, 0.2) is 5.82 Å². The number of benzene rings is 2. The molecule has 47 heavy (non-hydrogen) atoms. The molecule has 1 N–H and O–H groups in total. The third kappa shape index (κ3) is 10.2. The molecular formula is C37H51N7O3. The number of amides is 1. The molecule has 2 aromatic heterocycles. The molecule has 1 fully saturated rings. The highest BCUT2D eigenvalue weighted by molar-refractivity contribution is 6.01. The summed E-state index contributed by atoms with van der Waals surface area (Å²) < 4.78 is 12.8. The second-order valence-electron chi connectivity index (χ2n) is 11.3. The van der Waals surface area contributed by atoms with Crippen molar-refractivity contribution in [3.8, 4) is 22.8 Å². The molecule has 1 saturated heterocycles. The predicted molar refractivity (Wildman–Crippen MR) is 192 cm³/mol. The number of hydrogen-bond donors (Lipinski definition) is 1. The Labute approximate surface area is 280 Å². The summed E-state index contributed by atoms with van der Waals surface area (Å²) in [6.45, 7) is 17.6. The number of morpholine rings is 1. The van der Waals surface area contributed by atoms with Crippen LogP contribution in [0.5, 0.6) is 5.75 Å². The van der Waals surface area contributed by atoms with Crippen molar-refractivity contribution in [3.63, 3.8) is 0 Å². The number of carbonyl (C=O) groups is 1. The lowest BCUT2D eigenvalue weighted by molar-refractivity contribution is -0.111. The van der Waals surface area contributed by atoms with Crippen LogP contribution in [0.2, 0.25) is 0 Å². The Morgan fingerprint density at radius 2 is 1.83 bits per heavy atom. The van der Waals surface area contributed by atoms with Crippen LogP contribution in [0.3, 0.4) is 0 Å². The molecule has 1 aliphatic heterocycles. The average molecular weight is 642 g/mol. The van der Waals surface area contributed by atoms with Crippen LogP contribution >= 0.6 is 0 Å². The number of anilines is 2. The maximum absolute atomic E-state index is 11.7. The molecule has 0 atom stereocenters. The maximum Gasteiger partial charge on any atom is 0.247 e. The number of aromatic nitrogens is 4. The van der Waals surface area contributed by atoms with Crippen molar-refractivity contribution in [1.29, 1.82) is 0 Å². The molecule has 0 saturated carbocycles. The van der Waals surface area contributed by atoms with Crippen LogP contribution in [0, 0.1) is 0 Å². The van der Waals surface area contributed by atoms with E-state index in [2.05, 4.69) is 84.9 Å². The lowest BCUT2D eigenvalue weighted by Crippen LogP contribution is -2.36. The van der Waals surface area contributed by atoms with Gasteiger partial charge < -0.3 is 24.6 Å². The van der Waals surface area contributed by atoms with Crippen LogP contribution in [-0.2, 0) is 22.5 Å². The summed E-state index contributed by atoms with van der Waals surface area (Å²) in [4.78, 5) is 24.9. The van der Waals surface area contributed by atoms with Crippen LogP contribution in [0.15, 0.2) is 73.6 Å². The molecule has 252 valence electrons. The molecule has 4 aromatic rings. The third-order valence-electron chi connectivity index (χ3n) is 7.33. The van der Waals surface area contributed by atoms with E-state index in [1.807, 2.05) is 54.9 Å². The highest BCUT2D eigenvalue weighted by atomic mass is 16.5. The molecule has 0 bridgehead atoms. The summed E-state index contributed by atoms with van der Waals surface area (Å²) in [5.41, 5.74) is 6.11. The number of aryl methyl sites for hydroxylation is 1. The van der Waals surface area contributed by atoms with E-state index >= 15 is 0 Å². The molecule has 5 rings (SSSR count). The van der Waals surface area contributed by atoms with Gasteiger partial charge in [-0.1, -0.05) is 71.5 Å². The van der Waals surface area contributed by atoms with Crippen molar-refractivity contribution in [2.45, 2.75) is 53.5 Å². The number of methoxy groups -OCH3 is 1. The van der Waals surface area contributed by atoms with E-state index in [9.17, 15) is 4.79 Å². The SMILES string of the molecule is C=CC(=O)Nc1cc(C(C)C)c(OC)cc1N1CCOCC1.CC.CCc1nccc(-n2cc(CN(C)C)c(-c3ccccc3)n2)n1. The van der Waals surface area contributed by atoms with E-state index in [1.165, 1.54) is 11.6 Å². The monoisotopic (exact) mass is 641 g/mol. The molecule has 0 radical (unpaired) electrons. The first-order valence-electron chi connectivity index (χ1n) is 16.3. The minimum atomic E-state index is -0.214. The van der Waals surface area contributed by atoms with Crippen LogP contribution in [0.1, 0.15) is 57.5 Å². The lowest BCUT2D eigenvalue weighted by atomic mass is 10.00. The highest BCUT2D eigenvalue weighted by Crippen LogP contribution is 2.37. The smallest absolute Gasteiger partial charge is 0.247 e. The van der Waals surface area contributed by atoms with Crippen molar-refractivity contribution in [2.75, 3.05) is 57.7 Å². The van der Waals surface area contributed by atoms with Crippen molar-refractivity contribution in [1.82, 2.24) is 24.6 Å². The second kappa shape index (κ2) is 18.6. The zero-order chi connectivity index (χ0) is 34.3. The van der Waals surface area contributed by atoms with Crippen molar-refractivity contribution in [2.24, 2.45) is 0 Å². The fourth-order valence-corrected chi connectivity index (χ4v) is 5.07. The topological polar surface area (TPSA) is 97.6 Å². The molecule has 1 aliphatic rings. The normalized spacial score (nSPS) is 12.5. The van der Waals surface area contributed by atoms with Gasteiger partial charge in [-0.25, -0.2) is 14.6 Å². The van der Waals surface area contributed by atoms with E-state index in [1.54, 1.807) is 13.3 Å². The molecule has 0 spiro atoms.